The van der Waals surface area contributed by atoms with Crippen LogP contribution in [-0.2, 0) is 9.59 Å². The van der Waals surface area contributed by atoms with Crippen LogP contribution in [-0.4, -0.2) is 31.6 Å². The summed E-state index contributed by atoms with van der Waals surface area (Å²) in [5, 5.41) is 3.20. The van der Waals surface area contributed by atoms with Crippen LogP contribution in [0, 0.1) is 0 Å². The molecule has 2 aromatic rings. The second-order valence-electron chi connectivity index (χ2n) is 6.16. The number of methoxy groups -OCH3 is 1. The largest absolute Gasteiger partial charge is 0.495 e. The summed E-state index contributed by atoms with van der Waals surface area (Å²) in [5.74, 6) is 0.566. The summed E-state index contributed by atoms with van der Waals surface area (Å²) in [6.45, 7) is 5.13. The summed E-state index contributed by atoms with van der Waals surface area (Å²) in [4.78, 5) is 25.9. The third kappa shape index (κ3) is 5.89. The van der Waals surface area contributed by atoms with Crippen molar-refractivity contribution < 1.29 is 19.1 Å². The fourth-order valence-corrected chi connectivity index (χ4v) is 2.64. The van der Waals surface area contributed by atoms with E-state index in [1.165, 1.54) is 18.9 Å². The molecule has 1 N–H and O–H groups in total. The van der Waals surface area contributed by atoms with Gasteiger partial charge < -0.3 is 19.7 Å². The molecule has 0 radical (unpaired) electrons. The third-order valence-corrected chi connectivity index (χ3v) is 3.87. The zero-order valence-electron chi connectivity index (χ0n) is 15.8. The predicted octanol–water partition coefficient (Wildman–Crippen LogP) is 4.13. The van der Waals surface area contributed by atoms with Crippen molar-refractivity contribution >= 4 is 34.8 Å². The average Bonchev–Trinajstić information content (AvgIpc) is 2.60. The lowest BCUT2D eigenvalue weighted by atomic mass is 10.2. The van der Waals surface area contributed by atoms with Gasteiger partial charge in [-0.15, -0.1) is 0 Å². The number of nitrogens with one attached hydrogen (secondary N) is 1. The van der Waals surface area contributed by atoms with Crippen molar-refractivity contribution in [1.82, 2.24) is 0 Å². The Morgan fingerprint density at radius 1 is 1.15 bits per heavy atom. The highest BCUT2D eigenvalue weighted by molar-refractivity contribution is 6.31. The summed E-state index contributed by atoms with van der Waals surface area (Å²) in [6, 6.07) is 11.9. The number of benzene rings is 2. The van der Waals surface area contributed by atoms with Gasteiger partial charge in [0.25, 0.3) is 0 Å². The molecule has 0 fully saturated rings. The quantitative estimate of drug-likeness (QED) is 0.771. The Bertz CT molecular complexity index is 806. The molecule has 0 saturated carbocycles. The molecular formula is C20H23ClN2O4. The number of nitrogens with zero attached hydrogens (tertiary/aromatic N) is 1. The maximum Gasteiger partial charge on any atom is 0.244 e. The first-order valence-corrected chi connectivity index (χ1v) is 8.86. The van der Waals surface area contributed by atoms with E-state index in [0.29, 0.717) is 27.9 Å². The fourth-order valence-electron chi connectivity index (χ4n) is 2.47. The number of hydrogen-bond donors (Lipinski definition) is 1. The molecule has 2 aromatic carbocycles. The number of amides is 2. The van der Waals surface area contributed by atoms with Gasteiger partial charge in [-0.1, -0.05) is 11.6 Å². The fraction of sp³-hybridized carbons (Fsp3) is 0.300. The first-order chi connectivity index (χ1) is 12.8. The molecule has 0 atom stereocenters. The smallest absolute Gasteiger partial charge is 0.244 e. The number of halogens is 1. The van der Waals surface area contributed by atoms with Crippen LogP contribution in [0.3, 0.4) is 0 Å². The summed E-state index contributed by atoms with van der Waals surface area (Å²) < 4.78 is 10.8. The van der Waals surface area contributed by atoms with Crippen LogP contribution in [0.25, 0.3) is 0 Å². The number of hydrogen-bond acceptors (Lipinski definition) is 4. The van der Waals surface area contributed by atoms with Crippen molar-refractivity contribution in [2.75, 3.05) is 23.9 Å². The summed E-state index contributed by atoms with van der Waals surface area (Å²) in [7, 11) is 1.50. The Balaban J connectivity index is 2.13. The van der Waals surface area contributed by atoms with Crippen molar-refractivity contribution in [3.63, 3.8) is 0 Å². The van der Waals surface area contributed by atoms with Gasteiger partial charge in [0.2, 0.25) is 11.8 Å². The zero-order valence-corrected chi connectivity index (χ0v) is 16.5. The Hall–Kier alpha value is -2.73. The molecule has 0 aliphatic heterocycles. The molecule has 6 nitrogen and oxygen atoms in total. The number of ether oxygens (including phenoxy) is 2. The molecule has 2 rings (SSSR count). The van der Waals surface area contributed by atoms with E-state index in [2.05, 4.69) is 5.32 Å². The van der Waals surface area contributed by atoms with E-state index in [4.69, 9.17) is 21.1 Å². The number of anilines is 2. The van der Waals surface area contributed by atoms with Gasteiger partial charge in [-0.05, 0) is 56.3 Å². The molecule has 2 amide bonds. The maximum absolute atomic E-state index is 12.5. The Morgan fingerprint density at radius 2 is 1.81 bits per heavy atom. The first-order valence-electron chi connectivity index (χ1n) is 8.48. The van der Waals surface area contributed by atoms with Crippen molar-refractivity contribution in [2.24, 2.45) is 0 Å². The van der Waals surface area contributed by atoms with Gasteiger partial charge in [-0.2, -0.15) is 0 Å². The van der Waals surface area contributed by atoms with Gasteiger partial charge in [0, 0.05) is 17.6 Å². The molecule has 27 heavy (non-hydrogen) atoms. The normalized spacial score (nSPS) is 10.4. The van der Waals surface area contributed by atoms with Crippen LogP contribution in [0.15, 0.2) is 42.5 Å². The van der Waals surface area contributed by atoms with E-state index < -0.39 is 0 Å². The molecule has 0 unspecified atom stereocenters. The van der Waals surface area contributed by atoms with Crippen LogP contribution in [0.2, 0.25) is 5.02 Å². The van der Waals surface area contributed by atoms with Crippen LogP contribution in [0.1, 0.15) is 20.8 Å². The van der Waals surface area contributed by atoms with Gasteiger partial charge >= 0.3 is 0 Å². The van der Waals surface area contributed by atoms with E-state index in [-0.39, 0.29) is 24.5 Å². The van der Waals surface area contributed by atoms with Gasteiger partial charge in [0.1, 0.15) is 18.0 Å². The molecule has 144 valence electrons. The topological polar surface area (TPSA) is 67.9 Å². The van der Waals surface area contributed by atoms with Crippen molar-refractivity contribution in [3.8, 4) is 11.5 Å². The Morgan fingerprint density at radius 3 is 2.37 bits per heavy atom. The number of carbonyl (C=O) groups is 2. The summed E-state index contributed by atoms with van der Waals surface area (Å²) >= 11 is 5.98. The second kappa shape index (κ2) is 9.28. The van der Waals surface area contributed by atoms with Gasteiger partial charge in [0.15, 0.2) is 0 Å². The van der Waals surface area contributed by atoms with Crippen molar-refractivity contribution in [1.29, 1.82) is 0 Å². The molecule has 0 aliphatic carbocycles. The van der Waals surface area contributed by atoms with Gasteiger partial charge in [0.05, 0.1) is 18.9 Å². The lowest BCUT2D eigenvalue weighted by Gasteiger charge is -2.21. The van der Waals surface area contributed by atoms with Crippen molar-refractivity contribution in [3.05, 3.63) is 47.5 Å². The molecule has 7 heteroatoms. The van der Waals surface area contributed by atoms with E-state index in [0.717, 1.165) is 0 Å². The minimum absolute atomic E-state index is 0.0539. The van der Waals surface area contributed by atoms with Crippen LogP contribution < -0.4 is 19.7 Å². The van der Waals surface area contributed by atoms with Crippen LogP contribution >= 0.6 is 11.6 Å². The summed E-state index contributed by atoms with van der Waals surface area (Å²) in [6.07, 6.45) is 0.0539. The van der Waals surface area contributed by atoms with Crippen molar-refractivity contribution in [2.45, 2.75) is 26.9 Å². The maximum atomic E-state index is 12.5. The average molecular weight is 391 g/mol. The monoisotopic (exact) mass is 390 g/mol. The zero-order chi connectivity index (χ0) is 20.0. The standard InChI is InChI=1S/C20H23ClN2O4/c1-13(2)27-17-8-6-16(7-9-17)23(14(3)24)12-20(25)22-18-11-15(21)5-10-19(18)26-4/h5-11,13H,12H2,1-4H3,(H,22,25). The minimum Gasteiger partial charge on any atom is -0.495 e. The molecule has 0 saturated heterocycles. The summed E-state index contributed by atoms with van der Waals surface area (Å²) in [5.41, 5.74) is 1.05. The van der Waals surface area contributed by atoms with E-state index in [9.17, 15) is 9.59 Å². The molecular weight excluding hydrogens is 368 g/mol. The first kappa shape index (κ1) is 20.6. The predicted molar refractivity (Wildman–Crippen MR) is 107 cm³/mol. The SMILES string of the molecule is COc1ccc(Cl)cc1NC(=O)CN(C(C)=O)c1ccc(OC(C)C)cc1. The number of rotatable bonds is 7. The molecule has 0 aromatic heterocycles. The van der Waals surface area contributed by atoms with Gasteiger partial charge in [-0.3, -0.25) is 9.59 Å². The highest BCUT2D eigenvalue weighted by Gasteiger charge is 2.17. The highest BCUT2D eigenvalue weighted by Crippen LogP contribution is 2.28. The minimum atomic E-state index is -0.367. The molecule has 0 aliphatic rings. The van der Waals surface area contributed by atoms with E-state index >= 15 is 0 Å². The lowest BCUT2D eigenvalue weighted by molar-refractivity contribution is -0.120. The third-order valence-electron chi connectivity index (χ3n) is 3.64. The van der Waals surface area contributed by atoms with Gasteiger partial charge in [-0.25, -0.2) is 0 Å². The molecule has 0 bridgehead atoms. The van der Waals surface area contributed by atoms with E-state index in [1.807, 2.05) is 13.8 Å². The Kier molecular flexibility index (Phi) is 7.07. The lowest BCUT2D eigenvalue weighted by Crippen LogP contribution is -2.36. The molecule has 0 spiro atoms. The van der Waals surface area contributed by atoms with Crippen LogP contribution in [0.5, 0.6) is 11.5 Å². The van der Waals surface area contributed by atoms with E-state index in [1.54, 1.807) is 42.5 Å². The highest BCUT2D eigenvalue weighted by atomic mass is 35.5. The Labute approximate surface area is 164 Å². The van der Waals surface area contributed by atoms with Crippen LogP contribution in [0.4, 0.5) is 11.4 Å². The molecule has 0 heterocycles. The number of carbonyl (C=O) groups excluding carboxylic acids is 2. The second-order valence-corrected chi connectivity index (χ2v) is 6.59.